The fraction of sp³-hybridized carbons (Fsp3) is 0.583. The van der Waals surface area contributed by atoms with Crippen LogP contribution in [0, 0.1) is 6.92 Å². The maximum atomic E-state index is 4.64. The van der Waals surface area contributed by atoms with Crippen molar-refractivity contribution in [3.05, 3.63) is 22.3 Å². The second kappa shape index (κ2) is 4.96. The van der Waals surface area contributed by atoms with Gasteiger partial charge in [0, 0.05) is 28.1 Å². The molecule has 2 atom stereocenters. The Morgan fingerprint density at radius 3 is 2.50 bits per heavy atom. The molecule has 0 N–H and O–H groups in total. The van der Waals surface area contributed by atoms with E-state index >= 15 is 0 Å². The first kappa shape index (κ1) is 12.2. The lowest BCUT2D eigenvalue weighted by atomic mass is 10.3. The first-order valence-corrected chi connectivity index (χ1v) is 7.33. The number of nitrogens with zero attached hydrogens (tertiary/aromatic N) is 2. The zero-order chi connectivity index (χ0) is 11.7. The van der Waals surface area contributed by atoms with Crippen molar-refractivity contribution < 1.29 is 0 Å². The minimum atomic E-state index is 0.689. The Kier molecular flexibility index (Phi) is 3.80. The SMILES string of the molecule is Cc1nc(N2CC(C)SC(C)C2)ccc1Br. The van der Waals surface area contributed by atoms with Gasteiger partial charge in [-0.3, -0.25) is 0 Å². The van der Waals surface area contributed by atoms with Crippen molar-refractivity contribution in [3.63, 3.8) is 0 Å². The fourth-order valence-corrected chi connectivity index (χ4v) is 3.62. The van der Waals surface area contributed by atoms with Crippen molar-refractivity contribution in [1.82, 2.24) is 4.98 Å². The van der Waals surface area contributed by atoms with Crippen LogP contribution in [0.25, 0.3) is 0 Å². The van der Waals surface area contributed by atoms with E-state index in [4.69, 9.17) is 0 Å². The van der Waals surface area contributed by atoms with Gasteiger partial charge in [-0.05, 0) is 35.0 Å². The van der Waals surface area contributed by atoms with Gasteiger partial charge in [0.1, 0.15) is 5.82 Å². The molecule has 1 fully saturated rings. The van der Waals surface area contributed by atoms with Crippen molar-refractivity contribution in [2.45, 2.75) is 31.3 Å². The van der Waals surface area contributed by atoms with E-state index in [-0.39, 0.29) is 0 Å². The number of halogens is 1. The van der Waals surface area contributed by atoms with Gasteiger partial charge in [-0.15, -0.1) is 0 Å². The molecule has 0 aromatic carbocycles. The molecule has 0 bridgehead atoms. The molecule has 0 aliphatic carbocycles. The van der Waals surface area contributed by atoms with Crippen LogP contribution in [0.1, 0.15) is 19.5 Å². The molecular formula is C12H17BrN2S. The van der Waals surface area contributed by atoms with Crippen LogP contribution in [-0.4, -0.2) is 28.6 Å². The highest BCUT2D eigenvalue weighted by Gasteiger charge is 2.23. The Balaban J connectivity index is 2.19. The summed E-state index contributed by atoms with van der Waals surface area (Å²) in [5.41, 5.74) is 1.07. The lowest BCUT2D eigenvalue weighted by molar-refractivity contribution is 0.717. The first-order valence-electron chi connectivity index (χ1n) is 5.60. The Morgan fingerprint density at radius 2 is 1.94 bits per heavy atom. The predicted molar refractivity (Wildman–Crippen MR) is 75.4 cm³/mol. The van der Waals surface area contributed by atoms with E-state index in [0.717, 1.165) is 29.1 Å². The summed E-state index contributed by atoms with van der Waals surface area (Å²) in [4.78, 5) is 7.03. The molecule has 1 aromatic rings. The molecular weight excluding hydrogens is 284 g/mol. The van der Waals surface area contributed by atoms with Gasteiger partial charge in [-0.2, -0.15) is 11.8 Å². The molecule has 1 aliphatic heterocycles. The molecule has 16 heavy (non-hydrogen) atoms. The Bertz CT molecular complexity index is 373. The molecule has 88 valence electrons. The number of pyridine rings is 1. The largest absolute Gasteiger partial charge is 0.354 e. The van der Waals surface area contributed by atoms with E-state index < -0.39 is 0 Å². The summed E-state index contributed by atoms with van der Waals surface area (Å²) in [6.07, 6.45) is 0. The van der Waals surface area contributed by atoms with E-state index in [9.17, 15) is 0 Å². The summed E-state index contributed by atoms with van der Waals surface area (Å²) in [5.74, 6) is 1.11. The summed E-state index contributed by atoms with van der Waals surface area (Å²) >= 11 is 5.56. The van der Waals surface area contributed by atoms with E-state index in [2.05, 4.69) is 63.6 Å². The van der Waals surface area contributed by atoms with E-state index in [0.29, 0.717) is 10.5 Å². The van der Waals surface area contributed by atoms with Gasteiger partial charge in [0.05, 0.1) is 5.69 Å². The van der Waals surface area contributed by atoms with Crippen LogP contribution in [0.15, 0.2) is 16.6 Å². The summed E-state index contributed by atoms with van der Waals surface area (Å²) in [5, 5.41) is 1.38. The van der Waals surface area contributed by atoms with E-state index in [1.165, 1.54) is 0 Å². The van der Waals surface area contributed by atoms with Crippen molar-refractivity contribution in [2.75, 3.05) is 18.0 Å². The third-order valence-corrected chi connectivity index (χ3v) is 4.82. The molecule has 4 heteroatoms. The number of anilines is 1. The van der Waals surface area contributed by atoms with Gasteiger partial charge in [0.2, 0.25) is 0 Å². The topological polar surface area (TPSA) is 16.1 Å². The lowest BCUT2D eigenvalue weighted by Gasteiger charge is -2.35. The summed E-state index contributed by atoms with van der Waals surface area (Å²) in [6.45, 7) is 8.82. The quantitative estimate of drug-likeness (QED) is 0.790. The monoisotopic (exact) mass is 300 g/mol. The normalized spacial score (nSPS) is 25.9. The van der Waals surface area contributed by atoms with Crippen LogP contribution in [0.2, 0.25) is 0 Å². The van der Waals surface area contributed by atoms with Crippen LogP contribution in [0.5, 0.6) is 0 Å². The van der Waals surface area contributed by atoms with Gasteiger partial charge in [-0.1, -0.05) is 13.8 Å². The fourth-order valence-electron chi connectivity index (χ4n) is 2.07. The molecule has 0 radical (unpaired) electrons. The molecule has 0 saturated carbocycles. The van der Waals surface area contributed by atoms with Crippen molar-refractivity contribution in [2.24, 2.45) is 0 Å². The third-order valence-electron chi connectivity index (χ3n) is 2.75. The van der Waals surface area contributed by atoms with Crippen molar-refractivity contribution in [3.8, 4) is 0 Å². The Labute approximate surface area is 110 Å². The van der Waals surface area contributed by atoms with Crippen LogP contribution in [0.3, 0.4) is 0 Å². The highest BCUT2D eigenvalue weighted by Crippen LogP contribution is 2.28. The zero-order valence-electron chi connectivity index (χ0n) is 9.90. The molecule has 2 unspecified atom stereocenters. The van der Waals surface area contributed by atoms with Gasteiger partial charge >= 0.3 is 0 Å². The third kappa shape index (κ3) is 2.72. The standard InChI is InChI=1S/C12H17BrN2S/c1-8-6-15(7-9(2)16-8)12-5-4-11(13)10(3)14-12/h4-5,8-9H,6-7H2,1-3H3. The van der Waals surface area contributed by atoms with Crippen LogP contribution >= 0.6 is 27.7 Å². The lowest BCUT2D eigenvalue weighted by Crippen LogP contribution is -2.40. The number of thioether (sulfide) groups is 1. The predicted octanol–water partition coefficient (Wildman–Crippen LogP) is 3.48. The maximum Gasteiger partial charge on any atom is 0.128 e. The average Bonchev–Trinajstić information content (AvgIpc) is 2.20. The number of rotatable bonds is 1. The zero-order valence-corrected chi connectivity index (χ0v) is 12.3. The molecule has 2 nitrogen and oxygen atoms in total. The van der Waals surface area contributed by atoms with Crippen molar-refractivity contribution >= 4 is 33.5 Å². The second-order valence-corrected chi connectivity index (χ2v) is 7.13. The number of aromatic nitrogens is 1. The minimum Gasteiger partial charge on any atom is -0.354 e. The Morgan fingerprint density at radius 1 is 1.31 bits per heavy atom. The molecule has 2 rings (SSSR count). The summed E-state index contributed by atoms with van der Waals surface area (Å²) in [6, 6.07) is 4.20. The van der Waals surface area contributed by atoms with Gasteiger partial charge in [-0.25, -0.2) is 4.98 Å². The van der Waals surface area contributed by atoms with Crippen LogP contribution in [-0.2, 0) is 0 Å². The van der Waals surface area contributed by atoms with Gasteiger partial charge < -0.3 is 4.90 Å². The van der Waals surface area contributed by atoms with Gasteiger partial charge in [0.15, 0.2) is 0 Å². The first-order chi connectivity index (χ1) is 7.56. The summed E-state index contributed by atoms with van der Waals surface area (Å²) < 4.78 is 1.09. The average molecular weight is 301 g/mol. The Hall–Kier alpha value is -0.220. The smallest absolute Gasteiger partial charge is 0.128 e. The van der Waals surface area contributed by atoms with E-state index in [1.54, 1.807) is 0 Å². The highest BCUT2D eigenvalue weighted by atomic mass is 79.9. The number of hydrogen-bond donors (Lipinski definition) is 0. The van der Waals surface area contributed by atoms with Gasteiger partial charge in [0.25, 0.3) is 0 Å². The number of aryl methyl sites for hydroxylation is 1. The number of hydrogen-bond acceptors (Lipinski definition) is 3. The molecule has 0 amide bonds. The molecule has 1 aliphatic rings. The second-order valence-electron chi connectivity index (χ2n) is 4.40. The van der Waals surface area contributed by atoms with Crippen molar-refractivity contribution in [1.29, 1.82) is 0 Å². The molecule has 1 aromatic heterocycles. The minimum absolute atomic E-state index is 0.689. The molecule has 1 saturated heterocycles. The van der Waals surface area contributed by atoms with Crippen LogP contribution < -0.4 is 4.90 Å². The maximum absolute atomic E-state index is 4.64. The molecule has 2 heterocycles. The summed E-state index contributed by atoms with van der Waals surface area (Å²) in [7, 11) is 0. The van der Waals surface area contributed by atoms with E-state index in [1.807, 2.05) is 6.92 Å². The van der Waals surface area contributed by atoms with Crippen LogP contribution in [0.4, 0.5) is 5.82 Å². The highest BCUT2D eigenvalue weighted by molar-refractivity contribution is 9.10. The molecule has 0 spiro atoms.